The van der Waals surface area contributed by atoms with E-state index in [-0.39, 0.29) is 12.0 Å². The van der Waals surface area contributed by atoms with Gasteiger partial charge in [-0.3, -0.25) is 4.79 Å². The van der Waals surface area contributed by atoms with E-state index in [9.17, 15) is 4.79 Å². The number of hydrogen-bond donors (Lipinski definition) is 1. The monoisotopic (exact) mass is 271 g/mol. The maximum Gasteiger partial charge on any atom is 0.322 e. The Balaban J connectivity index is 2.18. The van der Waals surface area contributed by atoms with E-state index in [1.807, 2.05) is 6.92 Å². The first kappa shape index (κ1) is 16.4. The van der Waals surface area contributed by atoms with Crippen molar-refractivity contribution in [1.82, 2.24) is 15.1 Å². The van der Waals surface area contributed by atoms with Crippen LogP contribution in [0.4, 0.5) is 0 Å². The summed E-state index contributed by atoms with van der Waals surface area (Å²) in [6.45, 7) is 8.41. The predicted molar refractivity (Wildman–Crippen MR) is 77.3 cm³/mol. The molecule has 0 aromatic carbocycles. The molecule has 0 bridgehead atoms. The fourth-order valence-electron chi connectivity index (χ4n) is 2.47. The van der Waals surface area contributed by atoms with Crippen molar-refractivity contribution in [2.75, 3.05) is 53.4 Å². The van der Waals surface area contributed by atoms with Crippen LogP contribution in [0.5, 0.6) is 0 Å². The van der Waals surface area contributed by atoms with Crippen molar-refractivity contribution in [3.05, 3.63) is 0 Å². The van der Waals surface area contributed by atoms with Gasteiger partial charge < -0.3 is 19.9 Å². The van der Waals surface area contributed by atoms with Crippen LogP contribution in [0.25, 0.3) is 0 Å². The van der Waals surface area contributed by atoms with Gasteiger partial charge in [0, 0.05) is 13.1 Å². The molecule has 5 nitrogen and oxygen atoms in total. The number of carbonyl (C=O) groups is 1. The number of methoxy groups -OCH3 is 1. The molecule has 5 heteroatoms. The first-order valence-electron chi connectivity index (χ1n) is 7.39. The van der Waals surface area contributed by atoms with Gasteiger partial charge in [-0.05, 0) is 52.5 Å². The van der Waals surface area contributed by atoms with Gasteiger partial charge in [0.25, 0.3) is 0 Å². The second-order valence-corrected chi connectivity index (χ2v) is 5.27. The lowest BCUT2D eigenvalue weighted by atomic mass is 10.2. The number of nitrogens with one attached hydrogen (secondary N) is 1. The first-order valence-corrected chi connectivity index (χ1v) is 7.39. The van der Waals surface area contributed by atoms with Gasteiger partial charge in [0.1, 0.15) is 6.04 Å². The molecule has 112 valence electrons. The standard InChI is InChI=1S/C14H29N3O2/c1-4-15-13(14(18)19-3)7-10-16(2)11-12-17-8-5-6-9-17/h13,15H,4-12H2,1-3H3. The Labute approximate surface area is 117 Å². The number of hydrogen-bond acceptors (Lipinski definition) is 5. The summed E-state index contributed by atoms with van der Waals surface area (Å²) in [6, 6.07) is -0.177. The lowest BCUT2D eigenvalue weighted by molar-refractivity contribution is -0.143. The van der Waals surface area contributed by atoms with Crippen LogP contribution in [0.15, 0.2) is 0 Å². The maximum atomic E-state index is 11.6. The maximum absolute atomic E-state index is 11.6. The summed E-state index contributed by atoms with van der Waals surface area (Å²) in [5, 5.41) is 3.17. The lowest BCUT2D eigenvalue weighted by Crippen LogP contribution is -2.41. The highest BCUT2D eigenvalue weighted by Gasteiger charge is 2.18. The number of carbonyl (C=O) groups excluding carboxylic acids is 1. The summed E-state index contributed by atoms with van der Waals surface area (Å²) in [5.41, 5.74) is 0. The number of likely N-dealkylation sites (tertiary alicyclic amines) is 1. The van der Waals surface area contributed by atoms with Crippen LogP contribution in [0, 0.1) is 0 Å². The molecule has 1 aliphatic heterocycles. The molecule has 0 radical (unpaired) electrons. The number of esters is 1. The third kappa shape index (κ3) is 6.36. The Morgan fingerprint density at radius 2 is 2.05 bits per heavy atom. The highest BCUT2D eigenvalue weighted by molar-refractivity contribution is 5.75. The minimum atomic E-state index is -0.177. The van der Waals surface area contributed by atoms with Crippen molar-refractivity contribution in [2.45, 2.75) is 32.2 Å². The summed E-state index contributed by atoms with van der Waals surface area (Å²) in [4.78, 5) is 16.4. The van der Waals surface area contributed by atoms with Crippen molar-refractivity contribution in [1.29, 1.82) is 0 Å². The molecule has 0 spiro atoms. The number of likely N-dealkylation sites (N-methyl/N-ethyl adjacent to an activating group) is 2. The van der Waals surface area contributed by atoms with E-state index < -0.39 is 0 Å². The third-order valence-electron chi connectivity index (χ3n) is 3.73. The van der Waals surface area contributed by atoms with Crippen LogP contribution >= 0.6 is 0 Å². The summed E-state index contributed by atoms with van der Waals surface area (Å²) in [5.74, 6) is -0.158. The third-order valence-corrected chi connectivity index (χ3v) is 3.73. The van der Waals surface area contributed by atoms with Gasteiger partial charge >= 0.3 is 5.97 Å². The fourth-order valence-corrected chi connectivity index (χ4v) is 2.47. The van der Waals surface area contributed by atoms with E-state index in [1.165, 1.54) is 33.0 Å². The zero-order valence-corrected chi connectivity index (χ0v) is 12.7. The average molecular weight is 271 g/mol. The summed E-state index contributed by atoms with van der Waals surface area (Å²) < 4.78 is 4.81. The highest BCUT2D eigenvalue weighted by Crippen LogP contribution is 2.06. The molecule has 1 atom stereocenters. The topological polar surface area (TPSA) is 44.8 Å². The van der Waals surface area contributed by atoms with Gasteiger partial charge in [0.2, 0.25) is 0 Å². The minimum Gasteiger partial charge on any atom is -0.468 e. The Bertz CT molecular complexity index is 255. The summed E-state index contributed by atoms with van der Waals surface area (Å²) in [7, 11) is 3.57. The second-order valence-electron chi connectivity index (χ2n) is 5.27. The van der Waals surface area contributed by atoms with E-state index in [1.54, 1.807) is 0 Å². The Hall–Kier alpha value is -0.650. The zero-order valence-electron chi connectivity index (χ0n) is 12.7. The number of nitrogens with zero attached hydrogens (tertiary/aromatic N) is 2. The average Bonchev–Trinajstić information content (AvgIpc) is 2.93. The largest absolute Gasteiger partial charge is 0.468 e. The van der Waals surface area contributed by atoms with Crippen molar-refractivity contribution in [2.24, 2.45) is 0 Å². The quantitative estimate of drug-likeness (QED) is 0.621. The van der Waals surface area contributed by atoms with Gasteiger partial charge in [0.15, 0.2) is 0 Å². The van der Waals surface area contributed by atoms with Crippen molar-refractivity contribution in [3.63, 3.8) is 0 Å². The van der Waals surface area contributed by atoms with E-state index in [2.05, 4.69) is 22.2 Å². The van der Waals surface area contributed by atoms with Crippen LogP contribution in [0.1, 0.15) is 26.2 Å². The molecule has 1 unspecified atom stereocenters. The molecule has 19 heavy (non-hydrogen) atoms. The zero-order chi connectivity index (χ0) is 14.1. The molecule has 1 aliphatic rings. The molecule has 0 saturated carbocycles. The van der Waals surface area contributed by atoms with E-state index in [0.717, 1.165) is 32.6 Å². The molecule has 1 heterocycles. The fraction of sp³-hybridized carbons (Fsp3) is 0.929. The summed E-state index contributed by atoms with van der Waals surface area (Å²) >= 11 is 0. The van der Waals surface area contributed by atoms with Gasteiger partial charge in [-0.15, -0.1) is 0 Å². The lowest BCUT2D eigenvalue weighted by Gasteiger charge is -2.23. The molecule has 0 aromatic rings. The molecule has 1 N–H and O–H groups in total. The highest BCUT2D eigenvalue weighted by atomic mass is 16.5. The van der Waals surface area contributed by atoms with Crippen LogP contribution in [-0.2, 0) is 9.53 Å². The SMILES string of the molecule is CCNC(CCN(C)CCN1CCCC1)C(=O)OC. The van der Waals surface area contributed by atoms with Gasteiger partial charge in [0.05, 0.1) is 7.11 Å². The summed E-state index contributed by atoms with van der Waals surface area (Å²) in [6.07, 6.45) is 3.49. The number of ether oxygens (including phenoxy) is 1. The Morgan fingerprint density at radius 1 is 1.37 bits per heavy atom. The van der Waals surface area contributed by atoms with Crippen LogP contribution in [-0.4, -0.2) is 75.2 Å². The molecule has 1 fully saturated rings. The van der Waals surface area contributed by atoms with E-state index in [0.29, 0.717) is 0 Å². The van der Waals surface area contributed by atoms with Gasteiger partial charge in [-0.2, -0.15) is 0 Å². The van der Waals surface area contributed by atoms with E-state index >= 15 is 0 Å². The molecular formula is C14H29N3O2. The van der Waals surface area contributed by atoms with Crippen LogP contribution in [0.2, 0.25) is 0 Å². The van der Waals surface area contributed by atoms with Crippen molar-refractivity contribution in [3.8, 4) is 0 Å². The van der Waals surface area contributed by atoms with Crippen molar-refractivity contribution >= 4 is 5.97 Å². The van der Waals surface area contributed by atoms with E-state index in [4.69, 9.17) is 4.74 Å². The van der Waals surface area contributed by atoms with Gasteiger partial charge in [-0.1, -0.05) is 6.92 Å². The van der Waals surface area contributed by atoms with Crippen molar-refractivity contribution < 1.29 is 9.53 Å². The molecule has 0 aromatic heterocycles. The molecule has 0 aliphatic carbocycles. The van der Waals surface area contributed by atoms with Gasteiger partial charge in [-0.25, -0.2) is 0 Å². The van der Waals surface area contributed by atoms with Crippen LogP contribution in [0.3, 0.4) is 0 Å². The molecule has 1 rings (SSSR count). The number of rotatable bonds is 9. The Kier molecular flexibility index (Phi) is 8.02. The second kappa shape index (κ2) is 9.28. The first-order chi connectivity index (χ1) is 9.17. The predicted octanol–water partition coefficient (Wildman–Crippen LogP) is 0.555. The van der Waals surface area contributed by atoms with Crippen LogP contribution < -0.4 is 5.32 Å². The normalized spacial score (nSPS) is 17.9. The smallest absolute Gasteiger partial charge is 0.322 e. The molecule has 0 amide bonds. The Morgan fingerprint density at radius 3 is 2.63 bits per heavy atom. The minimum absolute atomic E-state index is 0.158. The molecule has 1 saturated heterocycles. The molecular weight excluding hydrogens is 242 g/mol.